The number of carbonyl (C=O) groups excluding carboxylic acids is 2. The van der Waals surface area contributed by atoms with Gasteiger partial charge in [0.25, 0.3) is 0 Å². The van der Waals surface area contributed by atoms with Crippen molar-refractivity contribution in [1.29, 1.82) is 0 Å². The summed E-state index contributed by atoms with van der Waals surface area (Å²) in [5.74, 6) is 6.24. The monoisotopic (exact) mass is 632 g/mol. The molecule has 0 radical (unpaired) electrons. The number of hydrazine groups is 1. The van der Waals surface area contributed by atoms with Crippen LogP contribution in [0, 0.1) is 0 Å². The molecule has 0 aromatic heterocycles. The van der Waals surface area contributed by atoms with E-state index in [1.807, 2.05) is 48.5 Å². The van der Waals surface area contributed by atoms with Gasteiger partial charge in [0.1, 0.15) is 0 Å². The van der Waals surface area contributed by atoms with E-state index in [9.17, 15) is 9.59 Å². The number of nitrogens with two attached hydrogens (primary N) is 3. The Morgan fingerprint density at radius 1 is 0.953 bits per heavy atom. The predicted molar refractivity (Wildman–Crippen MR) is 174 cm³/mol. The Kier molecular flexibility index (Phi) is 14.1. The molecule has 2 aromatic carbocycles. The van der Waals surface area contributed by atoms with Crippen LogP contribution >= 0.6 is 6.72 Å². The standard InChI is InChI=1S/C30H45N6O5PS/c31-18-8-3-10-20-36(33)30-24-13-5-4-12-23(24)22-35(26-15-7-6-14-25(26)29(30)32)28(38)17-16-27(37)34-19-9-1-2-11-21-41-42(39,40)43/h4-7,12-15H,1-3,8-11,16-22,31-33H2,(H,34,37)(H2,39,40,43)/b30-29-. The van der Waals surface area contributed by atoms with Crippen molar-refractivity contribution in [1.82, 2.24) is 10.3 Å². The first-order valence-electron chi connectivity index (χ1n) is 14.8. The third kappa shape index (κ3) is 11.0. The SMILES string of the molecule is NCCCCCN(N)/C1=C(\N)c2ccccc2N(C(=O)CCC(=O)NCCCCCCOP(O)(O)=S)Cc2ccccc21. The van der Waals surface area contributed by atoms with Gasteiger partial charge in [-0.15, -0.1) is 0 Å². The molecule has 3 rings (SSSR count). The highest BCUT2D eigenvalue weighted by atomic mass is 32.5. The average molecular weight is 633 g/mol. The highest BCUT2D eigenvalue weighted by molar-refractivity contribution is 8.06. The van der Waals surface area contributed by atoms with Crippen molar-refractivity contribution < 1.29 is 23.9 Å². The predicted octanol–water partition coefficient (Wildman–Crippen LogP) is 3.30. The Labute approximate surface area is 259 Å². The molecule has 0 atom stereocenters. The molecule has 236 valence electrons. The van der Waals surface area contributed by atoms with Crippen LogP contribution in [0.15, 0.2) is 48.5 Å². The third-order valence-corrected chi connectivity index (χ3v) is 8.09. The molecule has 0 bridgehead atoms. The summed E-state index contributed by atoms with van der Waals surface area (Å²) in [5, 5.41) is 4.58. The van der Waals surface area contributed by atoms with E-state index in [4.69, 9.17) is 31.6 Å². The Balaban J connectivity index is 1.65. The van der Waals surface area contributed by atoms with E-state index >= 15 is 0 Å². The number of nitrogens with one attached hydrogen (secondary N) is 1. The quantitative estimate of drug-likeness (QED) is 0.0656. The van der Waals surface area contributed by atoms with E-state index in [2.05, 4.69) is 17.1 Å². The number of nitrogens with zero attached hydrogens (tertiary/aromatic N) is 2. The molecule has 13 heteroatoms. The van der Waals surface area contributed by atoms with Crippen molar-refractivity contribution in [2.75, 3.05) is 31.1 Å². The van der Waals surface area contributed by atoms with E-state index < -0.39 is 6.72 Å². The van der Waals surface area contributed by atoms with Crippen molar-refractivity contribution in [3.05, 3.63) is 65.2 Å². The number of unbranched alkanes of at least 4 members (excludes halogenated alkanes) is 5. The van der Waals surface area contributed by atoms with Crippen LogP contribution in [0.5, 0.6) is 0 Å². The molecule has 0 saturated carbocycles. The number of benzene rings is 2. The maximum Gasteiger partial charge on any atom is 0.321 e. The van der Waals surface area contributed by atoms with Gasteiger partial charge in [0.05, 0.1) is 30.2 Å². The molecule has 11 nitrogen and oxygen atoms in total. The lowest BCUT2D eigenvalue weighted by molar-refractivity contribution is -0.125. The van der Waals surface area contributed by atoms with Crippen LogP contribution in [0.2, 0.25) is 0 Å². The number of amides is 2. The molecule has 1 aliphatic rings. The number of hydrogen-bond donors (Lipinski definition) is 6. The van der Waals surface area contributed by atoms with Gasteiger partial charge < -0.3 is 41.0 Å². The van der Waals surface area contributed by atoms with Crippen LogP contribution in [0.4, 0.5) is 5.69 Å². The first kappa shape index (κ1) is 34.7. The fourth-order valence-electron chi connectivity index (χ4n) is 5.04. The molecule has 43 heavy (non-hydrogen) atoms. The Bertz CT molecular complexity index is 1300. The largest absolute Gasteiger partial charge is 0.396 e. The minimum absolute atomic E-state index is 0.0502. The summed E-state index contributed by atoms with van der Waals surface area (Å²) in [4.78, 5) is 45.9. The summed E-state index contributed by atoms with van der Waals surface area (Å²) in [6, 6.07) is 15.3. The molecule has 0 aliphatic carbocycles. The van der Waals surface area contributed by atoms with Gasteiger partial charge in [0.15, 0.2) is 0 Å². The number of rotatable bonds is 17. The highest BCUT2D eigenvalue weighted by Gasteiger charge is 2.27. The zero-order valence-electron chi connectivity index (χ0n) is 24.6. The van der Waals surface area contributed by atoms with Gasteiger partial charge in [-0.2, -0.15) is 0 Å². The number of hydrogen-bond acceptors (Lipinski definition) is 8. The summed E-state index contributed by atoms with van der Waals surface area (Å²) in [6.45, 7) is -1.32. The third-order valence-electron chi connectivity index (χ3n) is 7.25. The molecule has 9 N–H and O–H groups in total. The van der Waals surface area contributed by atoms with Crippen LogP contribution in [0.1, 0.15) is 74.5 Å². The van der Waals surface area contributed by atoms with Crippen molar-refractivity contribution in [3.63, 3.8) is 0 Å². The van der Waals surface area contributed by atoms with Crippen molar-refractivity contribution in [2.24, 2.45) is 17.3 Å². The fourth-order valence-corrected chi connectivity index (χ4v) is 5.63. The molecular weight excluding hydrogens is 587 g/mol. The molecule has 1 heterocycles. The lowest BCUT2D eigenvalue weighted by Crippen LogP contribution is -2.37. The first-order valence-corrected chi connectivity index (χ1v) is 17.4. The van der Waals surface area contributed by atoms with Gasteiger partial charge in [0, 0.05) is 37.1 Å². The second-order valence-corrected chi connectivity index (χ2v) is 13.2. The minimum atomic E-state index is -3.59. The lowest BCUT2D eigenvalue weighted by Gasteiger charge is -2.33. The zero-order chi connectivity index (χ0) is 31.2. The molecule has 0 unspecified atom stereocenters. The van der Waals surface area contributed by atoms with Crippen LogP contribution in [-0.4, -0.2) is 52.9 Å². The van der Waals surface area contributed by atoms with E-state index in [1.54, 1.807) is 9.91 Å². The van der Waals surface area contributed by atoms with E-state index in [-0.39, 0.29) is 31.3 Å². The van der Waals surface area contributed by atoms with E-state index in [1.165, 1.54) is 0 Å². The smallest absolute Gasteiger partial charge is 0.321 e. The maximum absolute atomic E-state index is 13.6. The summed E-state index contributed by atoms with van der Waals surface area (Å²) >= 11 is 4.41. The summed E-state index contributed by atoms with van der Waals surface area (Å²) < 4.78 is 4.79. The summed E-state index contributed by atoms with van der Waals surface area (Å²) in [6.07, 6.45) is 5.98. The maximum atomic E-state index is 13.6. The second kappa shape index (κ2) is 17.5. The fraction of sp³-hybridized carbons (Fsp3) is 0.467. The van der Waals surface area contributed by atoms with Gasteiger partial charge in [-0.3, -0.25) is 9.59 Å². The van der Waals surface area contributed by atoms with Gasteiger partial charge in [-0.25, -0.2) is 5.84 Å². The van der Waals surface area contributed by atoms with E-state index in [0.29, 0.717) is 49.5 Å². The second-order valence-electron chi connectivity index (χ2n) is 10.5. The van der Waals surface area contributed by atoms with Crippen LogP contribution in [0.3, 0.4) is 0 Å². The lowest BCUT2D eigenvalue weighted by atomic mass is 9.95. The highest BCUT2D eigenvalue weighted by Crippen LogP contribution is 2.37. The first-order chi connectivity index (χ1) is 20.6. The zero-order valence-corrected chi connectivity index (χ0v) is 26.3. The Hall–Kier alpha value is -2.83. The van der Waals surface area contributed by atoms with Crippen LogP contribution in [-0.2, 0) is 32.5 Å². The van der Waals surface area contributed by atoms with Gasteiger partial charge in [-0.1, -0.05) is 61.7 Å². The summed E-state index contributed by atoms with van der Waals surface area (Å²) in [7, 11) is 0. The molecule has 0 saturated heterocycles. The molecule has 0 spiro atoms. The van der Waals surface area contributed by atoms with Gasteiger partial charge in [-0.05, 0) is 55.7 Å². The summed E-state index contributed by atoms with van der Waals surface area (Å²) in [5.41, 5.74) is 16.9. The van der Waals surface area contributed by atoms with Crippen molar-refractivity contribution in [2.45, 2.75) is 64.3 Å². The van der Waals surface area contributed by atoms with Gasteiger partial charge >= 0.3 is 6.72 Å². The minimum Gasteiger partial charge on any atom is -0.396 e. The molecule has 2 aromatic rings. The van der Waals surface area contributed by atoms with Crippen LogP contribution < -0.4 is 27.5 Å². The Morgan fingerprint density at radius 2 is 1.63 bits per heavy atom. The van der Waals surface area contributed by atoms with Crippen molar-refractivity contribution in [3.8, 4) is 0 Å². The van der Waals surface area contributed by atoms with E-state index in [0.717, 1.165) is 55.3 Å². The number of anilines is 1. The molecule has 2 amide bonds. The number of fused-ring (bicyclic) bond motifs is 2. The normalized spacial score (nSPS) is 14.8. The number of carbonyl (C=O) groups is 2. The molecule has 0 fully saturated rings. The molecular formula is C30H45N6O5PS. The average Bonchev–Trinajstić information content (AvgIpc) is 2.97. The number of para-hydroxylation sites is 1. The molecule has 1 aliphatic heterocycles. The topological polar surface area (TPSA) is 180 Å². The van der Waals surface area contributed by atoms with Crippen molar-refractivity contribution >= 4 is 47.4 Å². The van der Waals surface area contributed by atoms with Gasteiger partial charge in [0.2, 0.25) is 11.8 Å². The van der Waals surface area contributed by atoms with Crippen LogP contribution in [0.25, 0.3) is 11.4 Å². The Morgan fingerprint density at radius 3 is 2.37 bits per heavy atom.